The normalized spacial score (nSPS) is 18.3. The molecule has 0 atom stereocenters. The standard InChI is InChI=1S/C20H28N4O2/c1-23-12-14-24(15-13-23)20(26)18-9-5-8-17(22-18)19(25)21-11-10-16-6-3-2-4-7-16/h5-6,8-9H,2-4,7,10-15H2,1H3,(H,21,25). The largest absolute Gasteiger partial charge is 0.350 e. The fourth-order valence-electron chi connectivity index (χ4n) is 3.41. The minimum Gasteiger partial charge on any atom is -0.350 e. The molecule has 3 rings (SSSR count). The zero-order valence-corrected chi connectivity index (χ0v) is 15.5. The number of pyridine rings is 1. The van der Waals surface area contributed by atoms with Crippen molar-refractivity contribution in [3.05, 3.63) is 41.2 Å². The zero-order valence-electron chi connectivity index (χ0n) is 15.5. The Bertz CT molecular complexity index is 678. The first-order chi connectivity index (χ1) is 12.6. The third-order valence-electron chi connectivity index (χ3n) is 5.11. The summed E-state index contributed by atoms with van der Waals surface area (Å²) in [4.78, 5) is 33.3. The van der Waals surface area contributed by atoms with Gasteiger partial charge < -0.3 is 15.1 Å². The van der Waals surface area contributed by atoms with E-state index in [1.165, 1.54) is 18.4 Å². The molecule has 1 aliphatic heterocycles. The molecule has 0 aromatic carbocycles. The summed E-state index contributed by atoms with van der Waals surface area (Å²) in [6.07, 6.45) is 8.00. The second-order valence-corrected chi connectivity index (χ2v) is 7.12. The van der Waals surface area contributed by atoms with Crippen LogP contribution >= 0.6 is 0 Å². The number of nitrogens with one attached hydrogen (secondary N) is 1. The highest BCUT2D eigenvalue weighted by molar-refractivity contribution is 5.96. The summed E-state index contributed by atoms with van der Waals surface area (Å²) in [5.74, 6) is -0.311. The molecule has 1 aromatic heterocycles. The Balaban J connectivity index is 1.55. The molecule has 1 saturated heterocycles. The zero-order chi connectivity index (χ0) is 18.4. The van der Waals surface area contributed by atoms with Gasteiger partial charge in [0.15, 0.2) is 0 Å². The van der Waals surface area contributed by atoms with E-state index in [1.54, 1.807) is 23.1 Å². The fraction of sp³-hybridized carbons (Fsp3) is 0.550. The molecule has 0 saturated carbocycles. The van der Waals surface area contributed by atoms with Crippen LogP contribution in [0, 0.1) is 0 Å². The lowest BCUT2D eigenvalue weighted by molar-refractivity contribution is 0.0658. The van der Waals surface area contributed by atoms with Crippen molar-refractivity contribution in [1.29, 1.82) is 0 Å². The van der Waals surface area contributed by atoms with Crippen LogP contribution in [0.2, 0.25) is 0 Å². The van der Waals surface area contributed by atoms with Gasteiger partial charge >= 0.3 is 0 Å². The third-order valence-corrected chi connectivity index (χ3v) is 5.11. The van der Waals surface area contributed by atoms with Gasteiger partial charge in [-0.2, -0.15) is 0 Å². The van der Waals surface area contributed by atoms with E-state index in [4.69, 9.17) is 0 Å². The molecule has 0 bridgehead atoms. The van der Waals surface area contributed by atoms with Crippen molar-refractivity contribution >= 4 is 11.8 Å². The van der Waals surface area contributed by atoms with Gasteiger partial charge in [-0.15, -0.1) is 0 Å². The topological polar surface area (TPSA) is 65.5 Å². The second kappa shape index (κ2) is 8.94. The van der Waals surface area contributed by atoms with Crippen molar-refractivity contribution in [3.8, 4) is 0 Å². The Morgan fingerprint density at radius 1 is 1.12 bits per heavy atom. The van der Waals surface area contributed by atoms with Crippen LogP contribution in [0.5, 0.6) is 0 Å². The Kier molecular flexibility index (Phi) is 6.39. The van der Waals surface area contributed by atoms with Gasteiger partial charge in [0.1, 0.15) is 11.4 Å². The molecule has 1 N–H and O–H groups in total. The summed E-state index contributed by atoms with van der Waals surface area (Å²) >= 11 is 0. The van der Waals surface area contributed by atoms with Crippen LogP contribution in [0.25, 0.3) is 0 Å². The minimum atomic E-state index is -0.213. The van der Waals surface area contributed by atoms with Crippen molar-refractivity contribution in [2.45, 2.75) is 32.1 Å². The lowest BCUT2D eigenvalue weighted by atomic mass is 9.97. The molecule has 1 aliphatic carbocycles. The summed E-state index contributed by atoms with van der Waals surface area (Å²) < 4.78 is 0. The number of aromatic nitrogens is 1. The number of hydrogen-bond acceptors (Lipinski definition) is 4. The van der Waals surface area contributed by atoms with Crippen LogP contribution in [-0.2, 0) is 0 Å². The predicted octanol–water partition coefficient (Wildman–Crippen LogP) is 2.09. The fourth-order valence-corrected chi connectivity index (χ4v) is 3.41. The molecule has 2 amide bonds. The first kappa shape index (κ1) is 18.6. The smallest absolute Gasteiger partial charge is 0.272 e. The maximum absolute atomic E-state index is 12.6. The molecule has 6 heteroatoms. The number of carbonyl (C=O) groups is 2. The molecular formula is C20H28N4O2. The Morgan fingerprint density at radius 2 is 1.88 bits per heavy atom. The number of hydrogen-bond donors (Lipinski definition) is 1. The number of allylic oxidation sites excluding steroid dienone is 1. The SMILES string of the molecule is CN1CCN(C(=O)c2cccc(C(=O)NCCC3=CCCCC3)n2)CC1. The molecule has 1 fully saturated rings. The summed E-state index contributed by atoms with van der Waals surface area (Å²) in [5, 5.41) is 2.92. The van der Waals surface area contributed by atoms with Crippen LogP contribution in [-0.4, -0.2) is 66.4 Å². The highest BCUT2D eigenvalue weighted by Crippen LogP contribution is 2.19. The van der Waals surface area contributed by atoms with Crippen molar-refractivity contribution in [2.24, 2.45) is 0 Å². The Hall–Kier alpha value is -2.21. The summed E-state index contributed by atoms with van der Waals surface area (Å²) in [7, 11) is 2.05. The van der Waals surface area contributed by atoms with Gasteiger partial charge in [-0.05, 0) is 51.3 Å². The Labute approximate surface area is 155 Å². The van der Waals surface area contributed by atoms with Gasteiger partial charge in [0.25, 0.3) is 11.8 Å². The van der Waals surface area contributed by atoms with Crippen molar-refractivity contribution in [1.82, 2.24) is 20.1 Å². The summed E-state index contributed by atoms with van der Waals surface area (Å²) in [5.41, 5.74) is 2.09. The number of carbonyl (C=O) groups excluding carboxylic acids is 2. The van der Waals surface area contributed by atoms with Crippen LogP contribution < -0.4 is 5.32 Å². The lowest BCUT2D eigenvalue weighted by Gasteiger charge is -2.32. The maximum Gasteiger partial charge on any atom is 0.272 e. The molecule has 140 valence electrons. The monoisotopic (exact) mass is 356 g/mol. The van der Waals surface area contributed by atoms with Gasteiger partial charge in [-0.3, -0.25) is 9.59 Å². The van der Waals surface area contributed by atoms with Crippen molar-refractivity contribution in [2.75, 3.05) is 39.8 Å². The number of nitrogens with zero attached hydrogens (tertiary/aromatic N) is 3. The highest BCUT2D eigenvalue weighted by Gasteiger charge is 2.22. The lowest BCUT2D eigenvalue weighted by Crippen LogP contribution is -2.47. The first-order valence-corrected chi connectivity index (χ1v) is 9.54. The van der Waals surface area contributed by atoms with E-state index < -0.39 is 0 Å². The van der Waals surface area contributed by atoms with Crippen molar-refractivity contribution in [3.63, 3.8) is 0 Å². The highest BCUT2D eigenvalue weighted by atomic mass is 16.2. The van der Waals surface area contributed by atoms with Gasteiger partial charge in [0.2, 0.25) is 0 Å². The Morgan fingerprint density at radius 3 is 2.62 bits per heavy atom. The quantitative estimate of drug-likeness (QED) is 0.821. The van der Waals surface area contributed by atoms with E-state index in [0.717, 1.165) is 32.4 Å². The molecule has 0 spiro atoms. The van der Waals surface area contributed by atoms with Gasteiger partial charge in [0.05, 0.1) is 0 Å². The molecule has 26 heavy (non-hydrogen) atoms. The van der Waals surface area contributed by atoms with E-state index in [9.17, 15) is 9.59 Å². The van der Waals surface area contributed by atoms with E-state index in [2.05, 4.69) is 21.3 Å². The van der Waals surface area contributed by atoms with Crippen LogP contribution in [0.1, 0.15) is 53.1 Å². The first-order valence-electron chi connectivity index (χ1n) is 9.54. The molecule has 6 nitrogen and oxygen atoms in total. The van der Waals surface area contributed by atoms with Crippen LogP contribution in [0.15, 0.2) is 29.8 Å². The average molecular weight is 356 g/mol. The second-order valence-electron chi connectivity index (χ2n) is 7.12. The van der Waals surface area contributed by atoms with Crippen LogP contribution in [0.3, 0.4) is 0 Å². The van der Waals surface area contributed by atoms with Crippen molar-refractivity contribution < 1.29 is 9.59 Å². The van der Waals surface area contributed by atoms with E-state index in [-0.39, 0.29) is 11.8 Å². The molecule has 1 aromatic rings. The predicted molar refractivity (Wildman–Crippen MR) is 101 cm³/mol. The summed E-state index contributed by atoms with van der Waals surface area (Å²) in [6.45, 7) is 3.73. The number of likely N-dealkylation sites (N-methyl/N-ethyl adjacent to an activating group) is 1. The molecule has 2 heterocycles. The number of amides is 2. The minimum absolute atomic E-state index is 0.0971. The van der Waals surface area contributed by atoms with E-state index in [1.807, 2.05) is 7.05 Å². The van der Waals surface area contributed by atoms with Gasteiger partial charge in [-0.1, -0.05) is 17.7 Å². The van der Waals surface area contributed by atoms with Crippen LogP contribution in [0.4, 0.5) is 0 Å². The number of rotatable bonds is 5. The molecule has 0 radical (unpaired) electrons. The van der Waals surface area contributed by atoms with Gasteiger partial charge in [-0.25, -0.2) is 4.98 Å². The summed E-state index contributed by atoms with van der Waals surface area (Å²) in [6, 6.07) is 5.08. The third kappa shape index (κ3) is 4.91. The average Bonchev–Trinajstić information content (AvgIpc) is 2.69. The van der Waals surface area contributed by atoms with E-state index in [0.29, 0.717) is 31.0 Å². The molecule has 2 aliphatic rings. The molecular weight excluding hydrogens is 328 g/mol. The van der Waals surface area contributed by atoms with E-state index >= 15 is 0 Å². The van der Waals surface area contributed by atoms with Gasteiger partial charge in [0, 0.05) is 32.7 Å². The molecule has 0 unspecified atom stereocenters. The number of piperazine rings is 1. The maximum atomic E-state index is 12.6.